The lowest BCUT2D eigenvalue weighted by Crippen LogP contribution is -2.49. The third-order valence-corrected chi connectivity index (χ3v) is 3.07. The molecule has 0 radical (unpaired) electrons. The van der Waals surface area contributed by atoms with Crippen molar-refractivity contribution in [2.45, 2.75) is 13.0 Å². The zero-order valence-electron chi connectivity index (χ0n) is 10.4. The number of rotatable bonds is 2. The molecule has 0 aliphatic carbocycles. The van der Waals surface area contributed by atoms with Crippen LogP contribution in [-0.2, 0) is 0 Å². The zero-order chi connectivity index (χ0) is 11.5. The first-order valence-electron chi connectivity index (χ1n) is 5.93. The SMILES string of the molecule is CC1CN(c2ccccc2N(C)C)CCN1. The van der Waals surface area contributed by atoms with Crippen molar-refractivity contribution in [1.29, 1.82) is 0 Å². The summed E-state index contributed by atoms with van der Waals surface area (Å²) < 4.78 is 0. The Morgan fingerprint density at radius 3 is 2.75 bits per heavy atom. The van der Waals surface area contributed by atoms with Gasteiger partial charge in [0.2, 0.25) is 0 Å². The molecular weight excluding hydrogens is 198 g/mol. The van der Waals surface area contributed by atoms with Gasteiger partial charge in [0.05, 0.1) is 11.4 Å². The van der Waals surface area contributed by atoms with Gasteiger partial charge >= 0.3 is 0 Å². The Kier molecular flexibility index (Phi) is 3.34. The second-order valence-corrected chi connectivity index (χ2v) is 4.68. The predicted molar refractivity (Wildman–Crippen MR) is 70.4 cm³/mol. The summed E-state index contributed by atoms with van der Waals surface area (Å²) in [7, 11) is 4.20. The molecule has 3 heteroatoms. The molecule has 1 heterocycles. The molecule has 1 aliphatic heterocycles. The van der Waals surface area contributed by atoms with Gasteiger partial charge in [-0.15, -0.1) is 0 Å². The molecule has 1 N–H and O–H groups in total. The summed E-state index contributed by atoms with van der Waals surface area (Å²) in [6.07, 6.45) is 0. The highest BCUT2D eigenvalue weighted by Crippen LogP contribution is 2.28. The average Bonchev–Trinajstić information content (AvgIpc) is 2.29. The van der Waals surface area contributed by atoms with E-state index in [0.717, 1.165) is 19.6 Å². The minimum Gasteiger partial charge on any atom is -0.376 e. The molecule has 0 aromatic heterocycles. The minimum absolute atomic E-state index is 0.573. The van der Waals surface area contributed by atoms with E-state index in [2.05, 4.69) is 60.4 Å². The van der Waals surface area contributed by atoms with Gasteiger partial charge in [0.1, 0.15) is 0 Å². The highest BCUT2D eigenvalue weighted by Gasteiger charge is 2.18. The second kappa shape index (κ2) is 4.74. The Hall–Kier alpha value is -1.22. The van der Waals surface area contributed by atoms with Crippen molar-refractivity contribution in [3.63, 3.8) is 0 Å². The molecule has 2 rings (SSSR count). The van der Waals surface area contributed by atoms with Gasteiger partial charge in [0.25, 0.3) is 0 Å². The molecule has 1 saturated heterocycles. The van der Waals surface area contributed by atoms with Crippen molar-refractivity contribution < 1.29 is 0 Å². The zero-order valence-corrected chi connectivity index (χ0v) is 10.4. The lowest BCUT2D eigenvalue weighted by Gasteiger charge is -2.35. The summed E-state index contributed by atoms with van der Waals surface area (Å²) >= 11 is 0. The van der Waals surface area contributed by atoms with Crippen molar-refractivity contribution in [1.82, 2.24) is 5.32 Å². The van der Waals surface area contributed by atoms with Crippen LogP contribution in [0.25, 0.3) is 0 Å². The topological polar surface area (TPSA) is 18.5 Å². The van der Waals surface area contributed by atoms with Crippen LogP contribution >= 0.6 is 0 Å². The molecule has 0 saturated carbocycles. The lowest BCUT2D eigenvalue weighted by atomic mass is 10.1. The predicted octanol–water partition coefficient (Wildman–Crippen LogP) is 1.55. The number of anilines is 2. The number of para-hydroxylation sites is 2. The Bertz CT molecular complexity index is 349. The molecule has 1 atom stereocenters. The third kappa shape index (κ3) is 2.30. The van der Waals surface area contributed by atoms with E-state index in [-0.39, 0.29) is 0 Å². The van der Waals surface area contributed by atoms with E-state index in [0.29, 0.717) is 6.04 Å². The van der Waals surface area contributed by atoms with Crippen LogP contribution in [0.2, 0.25) is 0 Å². The fourth-order valence-electron chi connectivity index (χ4n) is 2.26. The minimum atomic E-state index is 0.573. The van der Waals surface area contributed by atoms with Crippen molar-refractivity contribution in [2.75, 3.05) is 43.5 Å². The van der Waals surface area contributed by atoms with Crippen LogP contribution in [0.5, 0.6) is 0 Å². The third-order valence-electron chi connectivity index (χ3n) is 3.07. The monoisotopic (exact) mass is 219 g/mol. The molecule has 1 aliphatic rings. The van der Waals surface area contributed by atoms with E-state index in [1.54, 1.807) is 0 Å². The Morgan fingerprint density at radius 1 is 1.31 bits per heavy atom. The van der Waals surface area contributed by atoms with Gasteiger partial charge < -0.3 is 15.1 Å². The highest BCUT2D eigenvalue weighted by molar-refractivity contribution is 5.71. The first kappa shape index (κ1) is 11.3. The van der Waals surface area contributed by atoms with Gasteiger partial charge in [-0.1, -0.05) is 12.1 Å². The Balaban J connectivity index is 2.25. The van der Waals surface area contributed by atoms with E-state index < -0.39 is 0 Å². The van der Waals surface area contributed by atoms with E-state index in [1.807, 2.05) is 0 Å². The molecule has 3 nitrogen and oxygen atoms in total. The lowest BCUT2D eigenvalue weighted by molar-refractivity contribution is 0.485. The van der Waals surface area contributed by atoms with E-state index >= 15 is 0 Å². The molecular formula is C13H21N3. The Morgan fingerprint density at radius 2 is 2.06 bits per heavy atom. The fourth-order valence-corrected chi connectivity index (χ4v) is 2.26. The fraction of sp³-hybridized carbons (Fsp3) is 0.538. The molecule has 0 amide bonds. The second-order valence-electron chi connectivity index (χ2n) is 4.68. The standard InChI is InChI=1S/C13H21N3/c1-11-10-16(9-8-14-11)13-7-5-4-6-12(13)15(2)3/h4-7,11,14H,8-10H2,1-3H3. The van der Waals surface area contributed by atoms with Crippen LogP contribution in [0.3, 0.4) is 0 Å². The van der Waals surface area contributed by atoms with E-state index in [1.165, 1.54) is 11.4 Å². The molecule has 1 aromatic carbocycles. The number of nitrogens with one attached hydrogen (secondary N) is 1. The van der Waals surface area contributed by atoms with E-state index in [9.17, 15) is 0 Å². The van der Waals surface area contributed by atoms with Crippen molar-refractivity contribution >= 4 is 11.4 Å². The van der Waals surface area contributed by atoms with Crippen molar-refractivity contribution in [3.05, 3.63) is 24.3 Å². The normalized spacial score (nSPS) is 20.9. The summed E-state index contributed by atoms with van der Waals surface area (Å²) in [6.45, 7) is 5.49. The first-order chi connectivity index (χ1) is 7.68. The van der Waals surface area contributed by atoms with Crippen LogP contribution in [0.15, 0.2) is 24.3 Å². The average molecular weight is 219 g/mol. The molecule has 1 aromatic rings. The van der Waals surface area contributed by atoms with Crippen molar-refractivity contribution in [3.8, 4) is 0 Å². The smallest absolute Gasteiger partial charge is 0.0604 e. The number of piperazine rings is 1. The molecule has 0 bridgehead atoms. The maximum absolute atomic E-state index is 3.48. The number of nitrogens with zero attached hydrogens (tertiary/aromatic N) is 2. The van der Waals surface area contributed by atoms with Gasteiger partial charge in [-0.25, -0.2) is 0 Å². The molecule has 88 valence electrons. The van der Waals surface area contributed by atoms with Gasteiger partial charge in [-0.3, -0.25) is 0 Å². The number of hydrogen-bond acceptors (Lipinski definition) is 3. The van der Waals surface area contributed by atoms with Gasteiger partial charge in [-0.2, -0.15) is 0 Å². The van der Waals surface area contributed by atoms with E-state index in [4.69, 9.17) is 0 Å². The Labute approximate surface area is 98.0 Å². The number of hydrogen-bond donors (Lipinski definition) is 1. The summed E-state index contributed by atoms with van der Waals surface area (Å²) in [5.74, 6) is 0. The highest BCUT2D eigenvalue weighted by atomic mass is 15.2. The van der Waals surface area contributed by atoms with Gasteiger partial charge in [0, 0.05) is 39.8 Å². The maximum atomic E-state index is 3.48. The molecule has 16 heavy (non-hydrogen) atoms. The first-order valence-corrected chi connectivity index (χ1v) is 5.93. The van der Waals surface area contributed by atoms with Crippen LogP contribution in [0, 0.1) is 0 Å². The van der Waals surface area contributed by atoms with Crippen LogP contribution < -0.4 is 15.1 Å². The van der Waals surface area contributed by atoms with Crippen LogP contribution in [-0.4, -0.2) is 39.8 Å². The quantitative estimate of drug-likeness (QED) is 0.814. The molecule has 0 spiro atoms. The van der Waals surface area contributed by atoms with Crippen molar-refractivity contribution in [2.24, 2.45) is 0 Å². The maximum Gasteiger partial charge on any atom is 0.0604 e. The summed E-state index contributed by atoms with van der Waals surface area (Å²) in [5, 5.41) is 3.48. The molecule has 1 fully saturated rings. The summed E-state index contributed by atoms with van der Waals surface area (Å²) in [6, 6.07) is 9.19. The van der Waals surface area contributed by atoms with Gasteiger partial charge in [-0.05, 0) is 19.1 Å². The summed E-state index contributed by atoms with van der Waals surface area (Å²) in [5.41, 5.74) is 2.65. The van der Waals surface area contributed by atoms with Crippen LogP contribution in [0.4, 0.5) is 11.4 Å². The largest absolute Gasteiger partial charge is 0.376 e. The van der Waals surface area contributed by atoms with Gasteiger partial charge in [0.15, 0.2) is 0 Å². The van der Waals surface area contributed by atoms with Crippen LogP contribution in [0.1, 0.15) is 6.92 Å². The summed E-state index contributed by atoms with van der Waals surface area (Å²) in [4.78, 5) is 4.65. The number of benzene rings is 1. The molecule has 1 unspecified atom stereocenters.